The Morgan fingerprint density at radius 2 is 1.91 bits per heavy atom. The minimum Gasteiger partial charge on any atom is -0.506 e. The summed E-state index contributed by atoms with van der Waals surface area (Å²) < 4.78 is 44.4. The van der Waals surface area contributed by atoms with Gasteiger partial charge in [-0.1, -0.05) is 12.1 Å². The van der Waals surface area contributed by atoms with Gasteiger partial charge in [0, 0.05) is 5.56 Å². The fourth-order valence-corrected chi connectivity index (χ4v) is 2.62. The van der Waals surface area contributed by atoms with Crippen LogP contribution in [-0.2, 0) is 25.9 Å². The Morgan fingerprint density at radius 1 is 1.30 bits per heavy atom. The Balaban J connectivity index is 2.85. The highest BCUT2D eigenvalue weighted by atomic mass is 19.4. The Hall–Kier alpha value is -2.31. The second-order valence-corrected chi connectivity index (χ2v) is 5.62. The Labute approximate surface area is 130 Å². The van der Waals surface area contributed by atoms with Crippen LogP contribution in [0.1, 0.15) is 37.5 Å². The SMILES string of the molecule is CCOC(=O)C1=C(O)c2c(C(F)(F)F)cccc2C(C)(C)C1=O. The second-order valence-electron chi connectivity index (χ2n) is 5.62. The van der Waals surface area contributed by atoms with Crippen molar-refractivity contribution < 1.29 is 32.6 Å². The number of carbonyl (C=O) groups is 2. The van der Waals surface area contributed by atoms with Crippen LogP contribution in [0.2, 0.25) is 0 Å². The number of Topliss-reactive ketones (excluding diaryl/α,β-unsaturated/α-hetero) is 1. The lowest BCUT2D eigenvalue weighted by molar-refractivity contribution is -0.142. The topological polar surface area (TPSA) is 63.6 Å². The van der Waals surface area contributed by atoms with Gasteiger partial charge in [-0.2, -0.15) is 13.2 Å². The maximum absolute atomic E-state index is 13.2. The fraction of sp³-hybridized carbons (Fsp3) is 0.375. The Morgan fingerprint density at radius 3 is 2.43 bits per heavy atom. The van der Waals surface area contributed by atoms with Gasteiger partial charge in [0.2, 0.25) is 0 Å². The van der Waals surface area contributed by atoms with E-state index in [2.05, 4.69) is 0 Å². The van der Waals surface area contributed by atoms with E-state index in [1.165, 1.54) is 32.9 Å². The van der Waals surface area contributed by atoms with Crippen molar-refractivity contribution in [3.63, 3.8) is 0 Å². The Bertz CT molecular complexity index is 715. The molecular weight excluding hydrogens is 313 g/mol. The fourth-order valence-electron chi connectivity index (χ4n) is 2.62. The molecule has 1 N–H and O–H groups in total. The first-order chi connectivity index (χ1) is 10.5. The number of esters is 1. The largest absolute Gasteiger partial charge is 0.506 e. The molecule has 1 aromatic carbocycles. The van der Waals surface area contributed by atoms with E-state index in [9.17, 15) is 27.9 Å². The zero-order valence-electron chi connectivity index (χ0n) is 12.7. The van der Waals surface area contributed by atoms with Gasteiger partial charge in [0.15, 0.2) is 5.78 Å². The van der Waals surface area contributed by atoms with Crippen LogP contribution in [0.5, 0.6) is 0 Å². The van der Waals surface area contributed by atoms with Crippen LogP contribution in [-0.4, -0.2) is 23.5 Å². The lowest BCUT2D eigenvalue weighted by atomic mass is 9.70. The number of hydrogen-bond donors (Lipinski definition) is 1. The molecule has 0 atom stereocenters. The highest BCUT2D eigenvalue weighted by Gasteiger charge is 2.47. The van der Waals surface area contributed by atoms with Crippen LogP contribution in [0, 0.1) is 0 Å². The molecule has 1 aliphatic rings. The number of alkyl halides is 3. The van der Waals surface area contributed by atoms with Crippen molar-refractivity contribution in [3.8, 4) is 0 Å². The minimum absolute atomic E-state index is 0.0165. The number of aliphatic hydroxyl groups excluding tert-OH is 1. The predicted molar refractivity (Wildman–Crippen MR) is 75.7 cm³/mol. The second kappa shape index (κ2) is 5.40. The van der Waals surface area contributed by atoms with Crippen molar-refractivity contribution >= 4 is 17.5 Å². The predicted octanol–water partition coefficient (Wildman–Crippen LogP) is 3.40. The third kappa shape index (κ3) is 2.60. The summed E-state index contributed by atoms with van der Waals surface area (Å²) in [7, 11) is 0. The average Bonchev–Trinajstić information content (AvgIpc) is 2.44. The molecule has 1 aliphatic carbocycles. The van der Waals surface area contributed by atoms with Gasteiger partial charge >= 0.3 is 12.1 Å². The number of ether oxygens (including phenoxy) is 1. The van der Waals surface area contributed by atoms with Gasteiger partial charge in [0.1, 0.15) is 11.3 Å². The molecule has 4 nitrogen and oxygen atoms in total. The highest BCUT2D eigenvalue weighted by molar-refractivity contribution is 6.27. The molecule has 0 aromatic heterocycles. The van der Waals surface area contributed by atoms with Crippen LogP contribution >= 0.6 is 0 Å². The standard InChI is InChI=1S/C16H15F3O4/c1-4-23-14(22)11-12(20)10-8(15(2,3)13(11)21)6-5-7-9(10)16(17,18)19/h5-7,20H,4H2,1-3H3. The molecule has 7 heteroatoms. The van der Waals surface area contributed by atoms with Crippen LogP contribution in [0.15, 0.2) is 23.8 Å². The molecule has 0 amide bonds. The lowest BCUT2D eigenvalue weighted by Gasteiger charge is -2.33. The van der Waals surface area contributed by atoms with Crippen LogP contribution < -0.4 is 0 Å². The number of fused-ring (bicyclic) bond motifs is 1. The van der Waals surface area contributed by atoms with Crippen molar-refractivity contribution in [3.05, 3.63) is 40.5 Å². The zero-order valence-corrected chi connectivity index (χ0v) is 12.7. The number of hydrogen-bond acceptors (Lipinski definition) is 4. The third-order valence-corrected chi connectivity index (χ3v) is 3.79. The molecule has 0 unspecified atom stereocenters. The third-order valence-electron chi connectivity index (χ3n) is 3.79. The minimum atomic E-state index is -4.74. The maximum Gasteiger partial charge on any atom is 0.417 e. The maximum atomic E-state index is 13.2. The number of carbonyl (C=O) groups excluding carboxylic acids is 2. The lowest BCUT2D eigenvalue weighted by Crippen LogP contribution is -2.39. The van der Waals surface area contributed by atoms with Crippen molar-refractivity contribution in [1.82, 2.24) is 0 Å². The first-order valence-corrected chi connectivity index (χ1v) is 6.89. The number of ketones is 1. The van der Waals surface area contributed by atoms with Crippen molar-refractivity contribution in [2.24, 2.45) is 0 Å². The van der Waals surface area contributed by atoms with E-state index >= 15 is 0 Å². The molecule has 0 heterocycles. The van der Waals surface area contributed by atoms with Crippen LogP contribution in [0.25, 0.3) is 5.76 Å². The first kappa shape index (κ1) is 17.1. The summed E-state index contributed by atoms with van der Waals surface area (Å²) in [4.78, 5) is 24.4. The quantitative estimate of drug-likeness (QED) is 0.667. The van der Waals surface area contributed by atoms with Crippen molar-refractivity contribution in [2.75, 3.05) is 6.61 Å². The monoisotopic (exact) mass is 328 g/mol. The van der Waals surface area contributed by atoms with Crippen molar-refractivity contribution in [1.29, 1.82) is 0 Å². The molecule has 2 rings (SSSR count). The van der Waals surface area contributed by atoms with Gasteiger partial charge in [-0.05, 0) is 32.4 Å². The zero-order chi connectivity index (χ0) is 17.6. The summed E-state index contributed by atoms with van der Waals surface area (Å²) in [5.74, 6) is -2.90. The van der Waals surface area contributed by atoms with Gasteiger partial charge < -0.3 is 9.84 Å². The molecule has 0 bridgehead atoms. The first-order valence-electron chi connectivity index (χ1n) is 6.89. The van der Waals surface area contributed by atoms with Gasteiger partial charge in [-0.25, -0.2) is 4.79 Å². The number of rotatable bonds is 2. The smallest absolute Gasteiger partial charge is 0.417 e. The highest BCUT2D eigenvalue weighted by Crippen LogP contribution is 2.45. The molecule has 1 aromatic rings. The van der Waals surface area contributed by atoms with Gasteiger partial charge in [0.25, 0.3) is 0 Å². The number of benzene rings is 1. The molecular formula is C16H15F3O4. The van der Waals surface area contributed by atoms with Gasteiger partial charge in [-0.15, -0.1) is 0 Å². The van der Waals surface area contributed by atoms with E-state index in [0.717, 1.165) is 6.07 Å². The molecule has 0 fully saturated rings. The summed E-state index contributed by atoms with van der Waals surface area (Å²) in [6.07, 6.45) is -4.74. The van der Waals surface area contributed by atoms with Gasteiger partial charge in [0.05, 0.1) is 17.6 Å². The molecule has 23 heavy (non-hydrogen) atoms. The van der Waals surface area contributed by atoms with E-state index < -0.39 is 45.8 Å². The molecule has 124 valence electrons. The molecule has 0 spiro atoms. The van der Waals surface area contributed by atoms with Gasteiger partial charge in [-0.3, -0.25) is 4.79 Å². The summed E-state index contributed by atoms with van der Waals surface area (Å²) in [5, 5.41) is 10.2. The number of halogens is 3. The average molecular weight is 328 g/mol. The van der Waals surface area contributed by atoms with Crippen molar-refractivity contribution in [2.45, 2.75) is 32.4 Å². The normalized spacial score (nSPS) is 17.0. The van der Waals surface area contributed by atoms with Crippen LogP contribution in [0.4, 0.5) is 13.2 Å². The molecule has 0 radical (unpaired) electrons. The van der Waals surface area contributed by atoms with E-state index in [1.54, 1.807) is 0 Å². The van der Waals surface area contributed by atoms with E-state index in [1.807, 2.05) is 0 Å². The molecule has 0 saturated heterocycles. The van der Waals surface area contributed by atoms with E-state index in [4.69, 9.17) is 4.74 Å². The molecule has 0 aliphatic heterocycles. The van der Waals surface area contributed by atoms with E-state index in [-0.39, 0.29) is 12.2 Å². The Kier molecular flexibility index (Phi) is 4.00. The summed E-state index contributed by atoms with van der Waals surface area (Å²) in [5.41, 5.74) is -3.78. The van der Waals surface area contributed by atoms with Crippen LogP contribution in [0.3, 0.4) is 0 Å². The summed E-state index contributed by atoms with van der Waals surface area (Å²) in [6.45, 7) is 4.22. The number of aliphatic hydroxyl groups is 1. The summed E-state index contributed by atoms with van der Waals surface area (Å²) >= 11 is 0. The summed E-state index contributed by atoms with van der Waals surface area (Å²) in [6, 6.07) is 3.30. The van der Waals surface area contributed by atoms with E-state index in [0.29, 0.717) is 0 Å². The molecule has 0 saturated carbocycles.